The Bertz CT molecular complexity index is 1190. The lowest BCUT2D eigenvalue weighted by atomic mass is 10.0. The molecule has 0 bridgehead atoms. The van der Waals surface area contributed by atoms with E-state index >= 15 is 0 Å². The summed E-state index contributed by atoms with van der Waals surface area (Å²) in [5, 5.41) is 4.48. The van der Waals surface area contributed by atoms with Crippen LogP contribution in [0.5, 0.6) is 0 Å². The Labute approximate surface area is 182 Å². The molecule has 5 rings (SSSR count). The lowest BCUT2D eigenvalue weighted by Crippen LogP contribution is -2.43. The fraction of sp³-hybridized carbons (Fsp3) is 0.292. The van der Waals surface area contributed by atoms with Gasteiger partial charge in [-0.05, 0) is 36.2 Å². The van der Waals surface area contributed by atoms with Crippen LogP contribution in [-0.2, 0) is 6.54 Å². The van der Waals surface area contributed by atoms with Gasteiger partial charge in [-0.15, -0.1) is 0 Å². The summed E-state index contributed by atoms with van der Waals surface area (Å²) in [6.07, 6.45) is 6.84. The maximum atomic E-state index is 6.02. The Balaban J connectivity index is 1.59. The van der Waals surface area contributed by atoms with Crippen molar-refractivity contribution in [2.45, 2.75) is 19.9 Å². The molecule has 1 fully saturated rings. The molecular weight excluding hydrogens is 386 g/mol. The Morgan fingerprint density at radius 3 is 2.61 bits per heavy atom. The molecule has 3 aromatic heterocycles. The van der Waals surface area contributed by atoms with E-state index < -0.39 is 0 Å². The van der Waals surface area contributed by atoms with Gasteiger partial charge in [-0.3, -0.25) is 0 Å². The highest BCUT2D eigenvalue weighted by atomic mass is 15.2. The number of nitrogens with one attached hydrogen (secondary N) is 1. The SMILES string of the molecule is CCCn1cc(-c2nc(N)ncc2-c2ccc(N3CCNCC3)cc2)c2cccnc21. The molecule has 1 aliphatic heterocycles. The molecule has 0 unspecified atom stereocenters. The molecule has 7 heteroatoms. The summed E-state index contributed by atoms with van der Waals surface area (Å²) in [6.45, 7) is 7.17. The van der Waals surface area contributed by atoms with E-state index in [0.717, 1.165) is 72.6 Å². The van der Waals surface area contributed by atoms with Crippen LogP contribution in [-0.4, -0.2) is 45.7 Å². The molecule has 0 amide bonds. The largest absolute Gasteiger partial charge is 0.369 e. The Morgan fingerprint density at radius 2 is 1.84 bits per heavy atom. The number of aryl methyl sites for hydroxylation is 1. The van der Waals surface area contributed by atoms with Gasteiger partial charge in [0.2, 0.25) is 5.95 Å². The number of nitrogens with zero attached hydrogens (tertiary/aromatic N) is 5. The zero-order chi connectivity index (χ0) is 21.2. The van der Waals surface area contributed by atoms with E-state index in [4.69, 9.17) is 5.73 Å². The van der Waals surface area contributed by atoms with Crippen molar-refractivity contribution in [1.82, 2.24) is 24.8 Å². The minimum absolute atomic E-state index is 0.275. The molecule has 1 aliphatic rings. The molecule has 0 aliphatic carbocycles. The van der Waals surface area contributed by atoms with E-state index in [2.05, 4.69) is 73.2 Å². The molecule has 1 saturated heterocycles. The lowest BCUT2D eigenvalue weighted by Gasteiger charge is -2.29. The highest BCUT2D eigenvalue weighted by molar-refractivity contribution is 5.97. The van der Waals surface area contributed by atoms with Crippen LogP contribution in [0.4, 0.5) is 11.6 Å². The number of nitrogen functional groups attached to an aromatic ring is 1. The van der Waals surface area contributed by atoms with E-state index in [-0.39, 0.29) is 5.95 Å². The smallest absolute Gasteiger partial charge is 0.220 e. The van der Waals surface area contributed by atoms with Crippen molar-refractivity contribution in [2.75, 3.05) is 36.8 Å². The molecule has 4 aromatic rings. The maximum Gasteiger partial charge on any atom is 0.220 e. The van der Waals surface area contributed by atoms with Gasteiger partial charge in [0.05, 0.1) is 5.69 Å². The summed E-state index contributed by atoms with van der Waals surface area (Å²) in [5.41, 5.74) is 12.2. The minimum Gasteiger partial charge on any atom is -0.369 e. The van der Waals surface area contributed by atoms with Crippen molar-refractivity contribution in [3.63, 3.8) is 0 Å². The van der Waals surface area contributed by atoms with Gasteiger partial charge < -0.3 is 20.5 Å². The summed E-state index contributed by atoms with van der Waals surface area (Å²) in [4.78, 5) is 16.0. The monoisotopic (exact) mass is 413 g/mol. The van der Waals surface area contributed by atoms with Gasteiger partial charge in [-0.1, -0.05) is 19.1 Å². The number of rotatable bonds is 5. The van der Waals surface area contributed by atoms with E-state index in [9.17, 15) is 0 Å². The second kappa shape index (κ2) is 8.35. The average molecular weight is 414 g/mol. The maximum absolute atomic E-state index is 6.02. The number of hydrogen-bond donors (Lipinski definition) is 2. The molecule has 0 atom stereocenters. The van der Waals surface area contributed by atoms with Crippen molar-refractivity contribution in [3.05, 3.63) is 55.0 Å². The van der Waals surface area contributed by atoms with Gasteiger partial charge in [-0.2, -0.15) is 0 Å². The summed E-state index contributed by atoms with van der Waals surface area (Å²) < 4.78 is 2.19. The first kappa shape index (κ1) is 19.5. The van der Waals surface area contributed by atoms with Crippen LogP contribution in [0, 0.1) is 0 Å². The first-order chi connectivity index (χ1) is 15.2. The van der Waals surface area contributed by atoms with E-state index in [1.54, 1.807) is 0 Å². The summed E-state index contributed by atoms with van der Waals surface area (Å²) >= 11 is 0. The fourth-order valence-electron chi connectivity index (χ4n) is 4.31. The number of piperazine rings is 1. The number of aromatic nitrogens is 4. The number of hydrogen-bond acceptors (Lipinski definition) is 6. The van der Waals surface area contributed by atoms with Crippen LogP contribution in [0.1, 0.15) is 13.3 Å². The first-order valence-corrected chi connectivity index (χ1v) is 10.9. The first-order valence-electron chi connectivity index (χ1n) is 10.9. The lowest BCUT2D eigenvalue weighted by molar-refractivity contribution is 0.589. The highest BCUT2D eigenvalue weighted by Crippen LogP contribution is 2.36. The van der Waals surface area contributed by atoms with Gasteiger partial charge in [0.25, 0.3) is 0 Å². The quantitative estimate of drug-likeness (QED) is 0.520. The molecule has 0 saturated carbocycles. The van der Waals surface area contributed by atoms with E-state index in [0.29, 0.717) is 0 Å². The molecule has 7 nitrogen and oxygen atoms in total. The van der Waals surface area contributed by atoms with Gasteiger partial charge in [0, 0.05) is 73.5 Å². The minimum atomic E-state index is 0.275. The van der Waals surface area contributed by atoms with Gasteiger partial charge in [-0.25, -0.2) is 15.0 Å². The standard InChI is InChI=1S/C24H27N7/c1-2-12-31-16-21(19-4-3-9-27-23(19)31)22-20(15-28-24(25)29-22)17-5-7-18(8-6-17)30-13-10-26-11-14-30/h3-9,15-16,26H,2,10-14H2,1H3,(H2,25,28,29). The fourth-order valence-corrected chi connectivity index (χ4v) is 4.31. The number of benzene rings is 1. The number of nitrogens with two attached hydrogens (primary N) is 1. The van der Waals surface area contributed by atoms with Gasteiger partial charge in [0.1, 0.15) is 5.65 Å². The van der Waals surface area contributed by atoms with E-state index in [1.807, 2.05) is 18.5 Å². The Hall–Kier alpha value is -3.45. The normalized spacial score (nSPS) is 14.3. The molecular formula is C24H27N7. The molecule has 0 spiro atoms. The van der Waals surface area contributed by atoms with Crippen LogP contribution < -0.4 is 16.0 Å². The Morgan fingerprint density at radius 1 is 1.03 bits per heavy atom. The van der Waals surface area contributed by atoms with Crippen LogP contribution in [0.15, 0.2) is 55.0 Å². The summed E-state index contributed by atoms with van der Waals surface area (Å²) in [6, 6.07) is 12.7. The predicted octanol–water partition coefficient (Wildman–Crippen LogP) is 3.56. The molecule has 158 valence electrons. The van der Waals surface area contributed by atoms with Crippen molar-refractivity contribution in [1.29, 1.82) is 0 Å². The van der Waals surface area contributed by atoms with Crippen molar-refractivity contribution in [2.24, 2.45) is 0 Å². The molecule has 31 heavy (non-hydrogen) atoms. The molecule has 0 radical (unpaired) electrons. The summed E-state index contributed by atoms with van der Waals surface area (Å²) in [7, 11) is 0. The van der Waals surface area contributed by atoms with Crippen molar-refractivity contribution in [3.8, 4) is 22.4 Å². The molecule has 1 aromatic carbocycles. The third-order valence-electron chi connectivity index (χ3n) is 5.82. The van der Waals surface area contributed by atoms with Crippen LogP contribution >= 0.6 is 0 Å². The number of pyridine rings is 1. The second-order valence-corrected chi connectivity index (χ2v) is 7.89. The highest BCUT2D eigenvalue weighted by Gasteiger charge is 2.18. The molecule has 4 heterocycles. The van der Waals surface area contributed by atoms with Crippen LogP contribution in [0.3, 0.4) is 0 Å². The third-order valence-corrected chi connectivity index (χ3v) is 5.82. The third kappa shape index (κ3) is 3.72. The topological polar surface area (TPSA) is 84.9 Å². The van der Waals surface area contributed by atoms with Gasteiger partial charge in [0.15, 0.2) is 0 Å². The zero-order valence-electron chi connectivity index (χ0n) is 17.8. The van der Waals surface area contributed by atoms with Crippen LogP contribution in [0.25, 0.3) is 33.4 Å². The Kier molecular flexibility index (Phi) is 5.26. The second-order valence-electron chi connectivity index (χ2n) is 7.89. The van der Waals surface area contributed by atoms with E-state index in [1.165, 1.54) is 5.69 Å². The zero-order valence-corrected chi connectivity index (χ0v) is 17.8. The number of fused-ring (bicyclic) bond motifs is 1. The molecule has 3 N–H and O–H groups in total. The average Bonchev–Trinajstić information content (AvgIpc) is 3.19. The van der Waals surface area contributed by atoms with Crippen molar-refractivity contribution >= 4 is 22.7 Å². The van der Waals surface area contributed by atoms with Crippen LogP contribution in [0.2, 0.25) is 0 Å². The van der Waals surface area contributed by atoms with Crippen molar-refractivity contribution < 1.29 is 0 Å². The number of anilines is 2. The van der Waals surface area contributed by atoms with Gasteiger partial charge >= 0.3 is 0 Å². The predicted molar refractivity (Wildman–Crippen MR) is 126 cm³/mol. The summed E-state index contributed by atoms with van der Waals surface area (Å²) in [5.74, 6) is 0.275.